The fraction of sp³-hybridized carbons (Fsp3) is 0.227. The zero-order chi connectivity index (χ0) is 22.9. The molecule has 4 rings (SSSR count). The van der Waals surface area contributed by atoms with Crippen LogP contribution in [0.25, 0.3) is 11.0 Å². The number of aryl methyl sites for hydroxylation is 2. The van der Waals surface area contributed by atoms with E-state index in [1.807, 2.05) is 0 Å². The van der Waals surface area contributed by atoms with Crippen molar-refractivity contribution in [3.05, 3.63) is 79.9 Å². The Balaban J connectivity index is 1.63. The molecule has 0 amide bonds. The number of thiazole rings is 1. The van der Waals surface area contributed by atoms with Gasteiger partial charge in [0.05, 0.1) is 24.3 Å². The molecule has 0 saturated heterocycles. The Morgan fingerprint density at radius 3 is 2.53 bits per heavy atom. The van der Waals surface area contributed by atoms with E-state index in [1.165, 1.54) is 30.9 Å². The molecule has 166 valence electrons. The van der Waals surface area contributed by atoms with Crippen LogP contribution in [0.3, 0.4) is 0 Å². The van der Waals surface area contributed by atoms with Gasteiger partial charge in [-0.2, -0.15) is 17.7 Å². The molecule has 4 aromatic rings. The second-order valence-electron chi connectivity index (χ2n) is 6.88. The Morgan fingerprint density at radius 2 is 1.84 bits per heavy atom. The van der Waals surface area contributed by atoms with Crippen molar-refractivity contribution in [3.63, 3.8) is 0 Å². The fourth-order valence-corrected chi connectivity index (χ4v) is 4.33. The van der Waals surface area contributed by atoms with Gasteiger partial charge in [0.2, 0.25) is 4.96 Å². The van der Waals surface area contributed by atoms with Crippen LogP contribution >= 0.6 is 11.3 Å². The summed E-state index contributed by atoms with van der Waals surface area (Å²) in [5.41, 5.74) is -0.198. The first kappa shape index (κ1) is 21.8. The average molecular weight is 461 g/mol. The zero-order valence-corrected chi connectivity index (χ0v) is 18.0. The van der Waals surface area contributed by atoms with E-state index in [9.17, 15) is 18.0 Å². The molecule has 0 atom stereocenters. The minimum Gasteiger partial charge on any atom is -0.493 e. The largest absolute Gasteiger partial charge is 0.493 e. The van der Waals surface area contributed by atoms with Crippen molar-refractivity contribution >= 4 is 22.4 Å². The van der Waals surface area contributed by atoms with Gasteiger partial charge in [-0.1, -0.05) is 41.7 Å². The van der Waals surface area contributed by atoms with Crippen molar-refractivity contribution in [3.8, 4) is 11.5 Å². The van der Waals surface area contributed by atoms with Crippen LogP contribution in [-0.2, 0) is 19.0 Å². The maximum atomic E-state index is 13.2. The number of hydrogen-bond acceptors (Lipinski definition) is 6. The zero-order valence-electron chi connectivity index (χ0n) is 17.1. The summed E-state index contributed by atoms with van der Waals surface area (Å²) in [7, 11) is 3.04. The number of nitrogens with zero attached hydrogens (tertiary/aromatic N) is 3. The van der Waals surface area contributed by atoms with Crippen molar-refractivity contribution in [2.24, 2.45) is 0 Å². The molecule has 0 fully saturated rings. The molecule has 2 heterocycles. The molecule has 0 radical (unpaired) electrons. The van der Waals surface area contributed by atoms with Crippen molar-refractivity contribution in [1.82, 2.24) is 14.6 Å². The van der Waals surface area contributed by atoms with Crippen LogP contribution in [0.2, 0.25) is 0 Å². The summed E-state index contributed by atoms with van der Waals surface area (Å²) in [4.78, 5) is 17.5. The topological polar surface area (TPSA) is 65.7 Å². The first-order chi connectivity index (χ1) is 15.3. The number of alkyl halides is 3. The molecular formula is C22H18F3N3O3S. The van der Waals surface area contributed by atoms with Gasteiger partial charge in [0.25, 0.3) is 5.56 Å². The fourth-order valence-electron chi connectivity index (χ4n) is 3.41. The molecule has 0 aliphatic rings. The normalized spacial score (nSPS) is 12.5. The lowest BCUT2D eigenvalue weighted by Crippen LogP contribution is -2.24. The number of ether oxygens (including phenoxy) is 2. The number of para-hydroxylation sites is 1. The molecule has 0 aliphatic heterocycles. The molecule has 2 aromatic carbocycles. The lowest BCUT2D eigenvalue weighted by molar-refractivity contribution is -0.138. The number of halogens is 3. The Labute approximate surface area is 184 Å². The summed E-state index contributed by atoms with van der Waals surface area (Å²) < 4.78 is 51.8. The number of aromatic nitrogens is 3. The SMILES string of the molecule is COc1cccc(/C=c2\sc3nc(CCc4ccccc4C(F)(F)F)nn3c2=O)c1OC. The summed E-state index contributed by atoms with van der Waals surface area (Å²) in [6.07, 6.45) is -2.46. The number of hydrogen-bond donors (Lipinski definition) is 0. The second kappa shape index (κ2) is 8.62. The van der Waals surface area contributed by atoms with Gasteiger partial charge in [0.1, 0.15) is 0 Å². The first-order valence-electron chi connectivity index (χ1n) is 9.58. The molecule has 10 heteroatoms. The van der Waals surface area contributed by atoms with Crippen LogP contribution in [0.5, 0.6) is 11.5 Å². The van der Waals surface area contributed by atoms with Gasteiger partial charge in [-0.15, -0.1) is 5.10 Å². The Morgan fingerprint density at radius 1 is 1.06 bits per heavy atom. The monoisotopic (exact) mass is 461 g/mol. The molecule has 0 spiro atoms. The number of methoxy groups -OCH3 is 2. The van der Waals surface area contributed by atoms with Gasteiger partial charge < -0.3 is 9.47 Å². The van der Waals surface area contributed by atoms with Crippen LogP contribution in [-0.4, -0.2) is 28.8 Å². The lowest BCUT2D eigenvalue weighted by atomic mass is 10.0. The maximum Gasteiger partial charge on any atom is 0.416 e. The quantitative estimate of drug-likeness (QED) is 0.440. The van der Waals surface area contributed by atoms with Crippen LogP contribution in [0.15, 0.2) is 47.3 Å². The molecule has 0 unspecified atom stereocenters. The van der Waals surface area contributed by atoms with Crippen LogP contribution in [0.1, 0.15) is 22.5 Å². The van der Waals surface area contributed by atoms with Crippen LogP contribution in [0.4, 0.5) is 13.2 Å². The van der Waals surface area contributed by atoms with E-state index < -0.39 is 11.7 Å². The Kier molecular flexibility index (Phi) is 5.88. The van der Waals surface area contributed by atoms with E-state index in [0.29, 0.717) is 32.4 Å². The summed E-state index contributed by atoms with van der Waals surface area (Å²) >= 11 is 1.15. The molecule has 0 aliphatic carbocycles. The molecule has 6 nitrogen and oxygen atoms in total. The van der Waals surface area contributed by atoms with Crippen molar-refractivity contribution in [1.29, 1.82) is 0 Å². The molecule has 0 bridgehead atoms. The Hall–Kier alpha value is -3.40. The van der Waals surface area contributed by atoms with Crippen molar-refractivity contribution in [2.75, 3.05) is 14.2 Å². The second-order valence-corrected chi connectivity index (χ2v) is 7.88. The van der Waals surface area contributed by atoms with E-state index in [-0.39, 0.29) is 24.0 Å². The van der Waals surface area contributed by atoms with Crippen molar-refractivity contribution in [2.45, 2.75) is 19.0 Å². The van der Waals surface area contributed by atoms with E-state index in [2.05, 4.69) is 10.1 Å². The van der Waals surface area contributed by atoms with Gasteiger partial charge in [-0.3, -0.25) is 4.79 Å². The van der Waals surface area contributed by atoms with Gasteiger partial charge in [0.15, 0.2) is 17.3 Å². The van der Waals surface area contributed by atoms with Gasteiger partial charge >= 0.3 is 6.18 Å². The first-order valence-corrected chi connectivity index (χ1v) is 10.4. The van der Waals surface area contributed by atoms with Gasteiger partial charge in [0, 0.05) is 12.0 Å². The lowest BCUT2D eigenvalue weighted by Gasteiger charge is -2.11. The van der Waals surface area contributed by atoms with E-state index in [4.69, 9.17) is 9.47 Å². The standard InChI is InChI=1S/C22H18F3N3O3S/c1-30-16-9-5-7-14(19(16)31-2)12-17-20(29)28-21(32-17)26-18(27-28)11-10-13-6-3-4-8-15(13)22(23,24)25/h3-9,12H,10-11H2,1-2H3/b17-12-. The highest BCUT2D eigenvalue weighted by molar-refractivity contribution is 7.15. The molecule has 0 saturated carbocycles. The Bertz CT molecular complexity index is 1380. The highest BCUT2D eigenvalue weighted by Gasteiger charge is 2.32. The van der Waals surface area contributed by atoms with E-state index in [1.54, 1.807) is 30.3 Å². The highest BCUT2D eigenvalue weighted by Crippen LogP contribution is 2.32. The number of fused-ring (bicyclic) bond motifs is 1. The maximum absolute atomic E-state index is 13.2. The summed E-state index contributed by atoms with van der Waals surface area (Å²) in [5.74, 6) is 1.35. The van der Waals surface area contributed by atoms with E-state index in [0.717, 1.165) is 17.4 Å². The predicted molar refractivity (Wildman–Crippen MR) is 114 cm³/mol. The van der Waals surface area contributed by atoms with Gasteiger partial charge in [-0.05, 0) is 30.2 Å². The third-order valence-corrected chi connectivity index (χ3v) is 5.85. The van der Waals surface area contributed by atoms with Crippen LogP contribution in [0, 0.1) is 0 Å². The van der Waals surface area contributed by atoms with E-state index >= 15 is 0 Å². The van der Waals surface area contributed by atoms with Crippen LogP contribution < -0.4 is 19.6 Å². The highest BCUT2D eigenvalue weighted by atomic mass is 32.1. The number of benzene rings is 2. The summed E-state index contributed by atoms with van der Waals surface area (Å²) in [5, 5.41) is 4.20. The summed E-state index contributed by atoms with van der Waals surface area (Å²) in [6, 6.07) is 10.7. The molecule has 2 aromatic heterocycles. The van der Waals surface area contributed by atoms with Gasteiger partial charge in [-0.25, -0.2) is 4.98 Å². The van der Waals surface area contributed by atoms with Crippen molar-refractivity contribution < 1.29 is 22.6 Å². The third-order valence-electron chi connectivity index (χ3n) is 4.89. The third kappa shape index (κ3) is 4.18. The minimum atomic E-state index is -4.42. The minimum absolute atomic E-state index is 0.113. The molecular weight excluding hydrogens is 443 g/mol. The number of rotatable bonds is 6. The molecule has 0 N–H and O–H groups in total. The smallest absolute Gasteiger partial charge is 0.416 e. The summed E-state index contributed by atoms with van der Waals surface area (Å²) in [6.45, 7) is 0. The average Bonchev–Trinajstić information content (AvgIpc) is 3.30. The predicted octanol–water partition coefficient (Wildman–Crippen LogP) is 3.52. The molecule has 32 heavy (non-hydrogen) atoms.